The van der Waals surface area contributed by atoms with Crippen molar-refractivity contribution in [3.63, 3.8) is 0 Å². The summed E-state index contributed by atoms with van der Waals surface area (Å²) in [5, 5.41) is 9.70. The Morgan fingerprint density at radius 2 is 1.92 bits per heavy atom. The van der Waals surface area contributed by atoms with Crippen LogP contribution in [-0.2, 0) is 19.3 Å². The normalized spacial score (nSPS) is 15.2. The molecule has 0 saturated carbocycles. The first-order valence-corrected chi connectivity index (χ1v) is 12.2. The first-order chi connectivity index (χ1) is 17.2. The molecular formula is C25H25ClF3N7. The van der Waals surface area contributed by atoms with Crippen molar-refractivity contribution in [3.05, 3.63) is 59.1 Å². The molecule has 0 radical (unpaired) electrons. The smallest absolute Gasteiger partial charge is 0.331 e. The molecule has 7 nitrogen and oxygen atoms in total. The molecule has 1 aliphatic heterocycles. The van der Waals surface area contributed by atoms with E-state index in [1.807, 2.05) is 29.3 Å². The van der Waals surface area contributed by atoms with Gasteiger partial charge in [-0.2, -0.15) is 23.4 Å². The average Bonchev–Trinajstić information content (AvgIpc) is 3.55. The summed E-state index contributed by atoms with van der Waals surface area (Å²) in [6.45, 7) is 7.02. The average molecular weight is 516 g/mol. The van der Waals surface area contributed by atoms with Crippen LogP contribution in [0.2, 0.25) is 5.02 Å². The number of imidazole rings is 1. The molecule has 0 fully saturated rings. The number of aromatic nitrogens is 6. The summed E-state index contributed by atoms with van der Waals surface area (Å²) >= 11 is 6.43. The van der Waals surface area contributed by atoms with E-state index in [4.69, 9.17) is 21.7 Å². The molecule has 36 heavy (non-hydrogen) atoms. The maximum Gasteiger partial charge on any atom is 0.434 e. The van der Waals surface area contributed by atoms with Gasteiger partial charge in [-0.15, -0.1) is 0 Å². The molecule has 188 valence electrons. The number of aryl methyl sites for hydroxylation is 2. The number of hydrogen-bond acceptors (Lipinski definition) is 4. The lowest BCUT2D eigenvalue weighted by Crippen LogP contribution is -2.17. The van der Waals surface area contributed by atoms with Crippen LogP contribution in [-0.4, -0.2) is 34.8 Å². The Kier molecular flexibility index (Phi) is 6.23. The van der Waals surface area contributed by atoms with Crippen LogP contribution in [0.25, 0.3) is 22.8 Å². The van der Waals surface area contributed by atoms with E-state index in [9.17, 15) is 13.2 Å². The number of halogens is 4. The maximum absolute atomic E-state index is 13.1. The largest absolute Gasteiger partial charge is 0.434 e. The van der Waals surface area contributed by atoms with Gasteiger partial charge in [-0.1, -0.05) is 11.6 Å². The zero-order valence-electron chi connectivity index (χ0n) is 20.1. The fourth-order valence-corrected chi connectivity index (χ4v) is 4.64. The van der Waals surface area contributed by atoms with Gasteiger partial charge in [0.25, 0.3) is 0 Å². The molecule has 1 aliphatic rings. The van der Waals surface area contributed by atoms with Crippen molar-refractivity contribution >= 4 is 23.0 Å². The van der Waals surface area contributed by atoms with E-state index in [1.54, 1.807) is 37.4 Å². The van der Waals surface area contributed by atoms with E-state index in [-0.39, 0.29) is 11.9 Å². The summed E-state index contributed by atoms with van der Waals surface area (Å²) in [5.41, 5.74) is 3.76. The summed E-state index contributed by atoms with van der Waals surface area (Å²) in [4.78, 5) is 8.67. The molecule has 0 saturated heterocycles. The molecule has 0 aliphatic carbocycles. The monoisotopic (exact) mass is 515 g/mol. The number of benzene rings is 1. The third kappa shape index (κ3) is 4.45. The summed E-state index contributed by atoms with van der Waals surface area (Å²) in [6.07, 6.45) is -0.119. The Morgan fingerprint density at radius 3 is 2.58 bits per heavy atom. The van der Waals surface area contributed by atoms with Crippen LogP contribution < -0.4 is 0 Å². The maximum atomic E-state index is 13.1. The number of alkyl halides is 3. The fraction of sp³-hybridized carbons (Fsp3) is 0.360. The third-order valence-corrected chi connectivity index (χ3v) is 6.42. The van der Waals surface area contributed by atoms with Crippen molar-refractivity contribution in [2.24, 2.45) is 4.99 Å². The number of fused-ring (bicyclic) bond motifs is 1. The van der Waals surface area contributed by atoms with Crippen molar-refractivity contribution in [3.8, 4) is 22.8 Å². The molecule has 0 spiro atoms. The highest BCUT2D eigenvalue weighted by molar-refractivity contribution is 6.33. The molecule has 0 unspecified atom stereocenters. The van der Waals surface area contributed by atoms with Gasteiger partial charge in [-0.3, -0.25) is 14.4 Å². The van der Waals surface area contributed by atoms with Crippen LogP contribution in [0, 0.1) is 0 Å². The van der Waals surface area contributed by atoms with Crippen LogP contribution in [0.4, 0.5) is 18.9 Å². The highest BCUT2D eigenvalue weighted by Crippen LogP contribution is 2.33. The lowest BCUT2D eigenvalue weighted by Gasteiger charge is -2.15. The topological polar surface area (TPSA) is 65.8 Å². The first-order valence-electron chi connectivity index (χ1n) is 11.8. The van der Waals surface area contributed by atoms with Crippen molar-refractivity contribution in [2.45, 2.75) is 58.9 Å². The molecule has 3 aromatic heterocycles. The minimum absolute atomic E-state index is 0.133. The number of nitrogens with zero attached hydrogens (tertiary/aromatic N) is 7. The van der Waals surface area contributed by atoms with Gasteiger partial charge in [0.05, 0.1) is 28.3 Å². The minimum Gasteiger partial charge on any atom is -0.331 e. The predicted molar refractivity (Wildman–Crippen MR) is 133 cm³/mol. The van der Waals surface area contributed by atoms with E-state index in [0.717, 1.165) is 48.4 Å². The highest BCUT2D eigenvalue weighted by Gasteiger charge is 2.34. The van der Waals surface area contributed by atoms with Crippen molar-refractivity contribution in [1.82, 2.24) is 29.1 Å². The summed E-state index contributed by atoms with van der Waals surface area (Å²) in [5.74, 6) is 0.281. The molecule has 0 amide bonds. The van der Waals surface area contributed by atoms with E-state index in [0.29, 0.717) is 22.8 Å². The Morgan fingerprint density at radius 1 is 1.17 bits per heavy atom. The second-order valence-corrected chi connectivity index (χ2v) is 9.37. The summed E-state index contributed by atoms with van der Waals surface area (Å²) in [7, 11) is 0. The van der Waals surface area contributed by atoms with Crippen molar-refractivity contribution in [2.75, 3.05) is 0 Å². The van der Waals surface area contributed by atoms with Gasteiger partial charge in [-0.05, 0) is 63.9 Å². The van der Waals surface area contributed by atoms with Crippen molar-refractivity contribution in [1.29, 1.82) is 0 Å². The SMILES string of the molecule is CCn1cc(C(F)(F)F)nc1-c1ccc(/N=C2\CCCn3nc(-c4c(Cl)cnn4C(C)C)cc32)cc1. The van der Waals surface area contributed by atoms with E-state index in [1.165, 1.54) is 4.57 Å². The number of hydrogen-bond donors (Lipinski definition) is 0. The lowest BCUT2D eigenvalue weighted by molar-refractivity contribution is -0.140. The van der Waals surface area contributed by atoms with E-state index >= 15 is 0 Å². The molecule has 11 heteroatoms. The Hall–Kier alpha value is -3.40. The van der Waals surface area contributed by atoms with Crippen LogP contribution in [0.15, 0.2) is 47.7 Å². The van der Waals surface area contributed by atoms with Gasteiger partial charge in [0.2, 0.25) is 0 Å². The quantitative estimate of drug-likeness (QED) is 0.293. The minimum atomic E-state index is -4.49. The zero-order valence-corrected chi connectivity index (χ0v) is 20.8. The van der Waals surface area contributed by atoms with Gasteiger partial charge in [0, 0.05) is 30.9 Å². The second kappa shape index (κ2) is 9.24. The number of rotatable bonds is 5. The molecule has 4 heterocycles. The second-order valence-electron chi connectivity index (χ2n) is 8.96. The van der Waals surface area contributed by atoms with Crippen molar-refractivity contribution < 1.29 is 13.2 Å². The van der Waals surface area contributed by atoms with Crippen LogP contribution in [0.3, 0.4) is 0 Å². The van der Waals surface area contributed by atoms with Crippen LogP contribution >= 0.6 is 11.6 Å². The van der Waals surface area contributed by atoms with Gasteiger partial charge in [-0.25, -0.2) is 4.98 Å². The molecule has 5 rings (SSSR count). The molecule has 1 aromatic carbocycles. The fourth-order valence-electron chi connectivity index (χ4n) is 4.41. The Balaban J connectivity index is 1.46. The Labute approximate surface area is 211 Å². The predicted octanol–water partition coefficient (Wildman–Crippen LogP) is 6.80. The van der Waals surface area contributed by atoms with Gasteiger partial charge in [0.15, 0.2) is 5.69 Å². The molecular weight excluding hydrogens is 491 g/mol. The Bertz CT molecular complexity index is 1420. The summed E-state index contributed by atoms with van der Waals surface area (Å²) < 4.78 is 44.7. The summed E-state index contributed by atoms with van der Waals surface area (Å²) in [6, 6.07) is 9.22. The van der Waals surface area contributed by atoms with Crippen LogP contribution in [0.1, 0.15) is 51.0 Å². The standard InChI is InChI=1S/C25H25ClF3N7/c1-4-34-14-22(25(27,28)29)32-24(34)16-7-9-17(10-8-16)31-19-6-5-11-35-21(19)12-20(33-35)23-18(26)13-30-36(23)15(2)3/h7-10,12-15H,4-6,11H2,1-3H3/b31-19+. The zero-order chi connectivity index (χ0) is 25.6. The van der Waals surface area contributed by atoms with E-state index in [2.05, 4.69) is 10.1 Å². The lowest BCUT2D eigenvalue weighted by atomic mass is 10.1. The molecule has 0 N–H and O–H groups in total. The third-order valence-electron chi connectivity index (χ3n) is 6.14. The van der Waals surface area contributed by atoms with Gasteiger partial charge in [0.1, 0.15) is 17.2 Å². The van der Waals surface area contributed by atoms with Gasteiger partial charge < -0.3 is 4.57 Å². The van der Waals surface area contributed by atoms with Crippen LogP contribution in [0.5, 0.6) is 0 Å². The number of aliphatic imine (C=N–C) groups is 1. The highest BCUT2D eigenvalue weighted by atomic mass is 35.5. The molecule has 0 atom stereocenters. The van der Waals surface area contributed by atoms with Gasteiger partial charge >= 0.3 is 6.18 Å². The molecule has 0 bridgehead atoms. The van der Waals surface area contributed by atoms with E-state index < -0.39 is 11.9 Å². The first kappa shape index (κ1) is 24.3. The molecule has 4 aromatic rings.